The summed E-state index contributed by atoms with van der Waals surface area (Å²) in [6.45, 7) is 7.60. The van der Waals surface area contributed by atoms with Crippen molar-refractivity contribution in [3.05, 3.63) is 39.8 Å². The zero-order valence-electron chi connectivity index (χ0n) is 12.6. The van der Waals surface area contributed by atoms with Crippen LogP contribution in [0.2, 0.25) is 0 Å². The fraction of sp³-hybridized carbons (Fsp3) is 0.400. The molecule has 0 N–H and O–H groups in total. The molecule has 0 unspecified atom stereocenters. The van der Waals surface area contributed by atoms with Crippen molar-refractivity contribution in [1.29, 1.82) is 0 Å². The standard InChI is InChI=1S/C15H18BrN3O2/c1-9(2)19(14-6-5-12(16)8-17-14)15(20)7-13-10(3)18-21-11(13)4/h5-6,8-9H,7H2,1-4H3. The third kappa shape index (κ3) is 3.50. The van der Waals surface area contributed by atoms with Gasteiger partial charge in [-0.15, -0.1) is 0 Å². The van der Waals surface area contributed by atoms with Crippen LogP contribution in [0.25, 0.3) is 0 Å². The lowest BCUT2D eigenvalue weighted by Gasteiger charge is -2.25. The molecule has 5 nitrogen and oxygen atoms in total. The number of hydrogen-bond donors (Lipinski definition) is 0. The van der Waals surface area contributed by atoms with E-state index in [0.29, 0.717) is 11.6 Å². The number of carbonyl (C=O) groups is 1. The van der Waals surface area contributed by atoms with Gasteiger partial charge in [0, 0.05) is 22.3 Å². The number of hydrogen-bond acceptors (Lipinski definition) is 4. The minimum absolute atomic E-state index is 0.0192. The Morgan fingerprint density at radius 2 is 2.10 bits per heavy atom. The largest absolute Gasteiger partial charge is 0.361 e. The Morgan fingerprint density at radius 1 is 1.38 bits per heavy atom. The molecule has 2 heterocycles. The molecule has 0 aliphatic rings. The Morgan fingerprint density at radius 3 is 2.57 bits per heavy atom. The van der Waals surface area contributed by atoms with Gasteiger partial charge in [-0.25, -0.2) is 4.98 Å². The van der Waals surface area contributed by atoms with E-state index in [9.17, 15) is 4.79 Å². The van der Waals surface area contributed by atoms with E-state index >= 15 is 0 Å². The fourth-order valence-electron chi connectivity index (χ4n) is 2.18. The maximum atomic E-state index is 12.6. The monoisotopic (exact) mass is 351 g/mol. The summed E-state index contributed by atoms with van der Waals surface area (Å²) >= 11 is 3.35. The Balaban J connectivity index is 2.26. The number of amides is 1. The lowest BCUT2D eigenvalue weighted by atomic mass is 10.1. The first-order chi connectivity index (χ1) is 9.90. The second-order valence-electron chi connectivity index (χ2n) is 5.17. The Hall–Kier alpha value is -1.69. The second kappa shape index (κ2) is 6.39. The number of aryl methyl sites for hydroxylation is 2. The summed E-state index contributed by atoms with van der Waals surface area (Å²) in [6.07, 6.45) is 1.95. The van der Waals surface area contributed by atoms with Gasteiger partial charge in [-0.05, 0) is 55.8 Å². The lowest BCUT2D eigenvalue weighted by molar-refractivity contribution is -0.118. The highest BCUT2D eigenvalue weighted by atomic mass is 79.9. The van der Waals surface area contributed by atoms with Crippen molar-refractivity contribution < 1.29 is 9.32 Å². The summed E-state index contributed by atoms with van der Waals surface area (Å²) in [7, 11) is 0. The van der Waals surface area contributed by atoms with Crippen molar-refractivity contribution in [3.8, 4) is 0 Å². The third-order valence-corrected chi connectivity index (χ3v) is 3.72. The van der Waals surface area contributed by atoms with Gasteiger partial charge in [0.15, 0.2) is 0 Å². The van der Waals surface area contributed by atoms with Crippen LogP contribution in [0.4, 0.5) is 5.82 Å². The quantitative estimate of drug-likeness (QED) is 0.846. The summed E-state index contributed by atoms with van der Waals surface area (Å²) in [6, 6.07) is 3.72. The summed E-state index contributed by atoms with van der Waals surface area (Å²) in [5.74, 6) is 1.31. The fourth-order valence-corrected chi connectivity index (χ4v) is 2.42. The average Bonchev–Trinajstić information content (AvgIpc) is 2.73. The number of halogens is 1. The van der Waals surface area contributed by atoms with Crippen LogP contribution < -0.4 is 4.90 Å². The van der Waals surface area contributed by atoms with E-state index in [2.05, 4.69) is 26.1 Å². The van der Waals surface area contributed by atoms with E-state index in [1.54, 1.807) is 11.1 Å². The van der Waals surface area contributed by atoms with E-state index in [4.69, 9.17) is 4.52 Å². The van der Waals surface area contributed by atoms with Gasteiger partial charge in [-0.1, -0.05) is 5.16 Å². The minimum Gasteiger partial charge on any atom is -0.361 e. The summed E-state index contributed by atoms with van der Waals surface area (Å²) < 4.78 is 6.00. The second-order valence-corrected chi connectivity index (χ2v) is 6.09. The van der Waals surface area contributed by atoms with Crippen molar-refractivity contribution in [2.24, 2.45) is 0 Å². The zero-order chi connectivity index (χ0) is 15.6. The van der Waals surface area contributed by atoms with Crippen LogP contribution in [0.3, 0.4) is 0 Å². The van der Waals surface area contributed by atoms with Gasteiger partial charge in [-0.2, -0.15) is 0 Å². The maximum Gasteiger partial charge on any atom is 0.233 e. The molecular formula is C15H18BrN3O2. The van der Waals surface area contributed by atoms with Gasteiger partial charge in [0.25, 0.3) is 0 Å². The highest BCUT2D eigenvalue weighted by molar-refractivity contribution is 9.10. The van der Waals surface area contributed by atoms with Crippen molar-refractivity contribution in [2.75, 3.05) is 4.90 Å². The van der Waals surface area contributed by atoms with Crippen LogP contribution >= 0.6 is 15.9 Å². The molecule has 0 bridgehead atoms. The molecule has 2 aromatic heterocycles. The predicted octanol–water partition coefficient (Wildman–Crippen LogP) is 3.43. The number of nitrogens with zero attached hydrogens (tertiary/aromatic N) is 3. The van der Waals surface area contributed by atoms with Crippen molar-refractivity contribution >= 4 is 27.7 Å². The zero-order valence-corrected chi connectivity index (χ0v) is 14.1. The molecule has 0 aliphatic carbocycles. The molecule has 6 heteroatoms. The summed E-state index contributed by atoms with van der Waals surface area (Å²) in [5, 5.41) is 3.89. The Kier molecular flexibility index (Phi) is 4.77. The molecule has 0 aromatic carbocycles. The van der Waals surface area contributed by atoms with Gasteiger partial charge in [-0.3, -0.25) is 9.69 Å². The lowest BCUT2D eigenvalue weighted by Crippen LogP contribution is -2.38. The number of carbonyl (C=O) groups excluding carboxylic acids is 1. The molecular weight excluding hydrogens is 334 g/mol. The van der Waals surface area contributed by atoms with Crippen LogP contribution in [0.5, 0.6) is 0 Å². The molecule has 21 heavy (non-hydrogen) atoms. The van der Waals surface area contributed by atoms with Crippen molar-refractivity contribution in [2.45, 2.75) is 40.2 Å². The molecule has 0 aliphatic heterocycles. The number of anilines is 1. The molecule has 2 rings (SSSR count). The molecule has 1 amide bonds. The van der Waals surface area contributed by atoms with Gasteiger partial charge in [0.1, 0.15) is 11.6 Å². The van der Waals surface area contributed by atoms with Crippen LogP contribution in [-0.4, -0.2) is 22.1 Å². The average molecular weight is 352 g/mol. The highest BCUT2D eigenvalue weighted by Gasteiger charge is 2.23. The minimum atomic E-state index is -0.0192. The number of pyridine rings is 1. The topological polar surface area (TPSA) is 59.2 Å². The van der Waals surface area contributed by atoms with Gasteiger partial charge < -0.3 is 4.52 Å². The van der Waals surface area contributed by atoms with Crippen LogP contribution in [0, 0.1) is 13.8 Å². The van der Waals surface area contributed by atoms with E-state index < -0.39 is 0 Å². The summed E-state index contributed by atoms with van der Waals surface area (Å²) in [5.41, 5.74) is 1.61. The molecule has 0 radical (unpaired) electrons. The maximum absolute atomic E-state index is 12.6. The number of aromatic nitrogens is 2. The van der Waals surface area contributed by atoms with Gasteiger partial charge >= 0.3 is 0 Å². The molecule has 0 fully saturated rings. The SMILES string of the molecule is Cc1noc(C)c1CC(=O)N(c1ccc(Br)cn1)C(C)C. The van der Waals surface area contributed by atoms with Crippen molar-refractivity contribution in [1.82, 2.24) is 10.1 Å². The first-order valence-corrected chi connectivity index (χ1v) is 7.54. The van der Waals surface area contributed by atoms with Gasteiger partial charge in [0.2, 0.25) is 5.91 Å². The van der Waals surface area contributed by atoms with Crippen LogP contribution in [0.15, 0.2) is 27.3 Å². The van der Waals surface area contributed by atoms with E-state index in [1.807, 2.05) is 39.8 Å². The molecule has 0 saturated heterocycles. The van der Waals surface area contributed by atoms with Gasteiger partial charge in [0.05, 0.1) is 12.1 Å². The van der Waals surface area contributed by atoms with Crippen molar-refractivity contribution in [3.63, 3.8) is 0 Å². The molecule has 0 atom stereocenters. The van der Waals surface area contributed by atoms with Crippen LogP contribution in [0.1, 0.15) is 30.9 Å². The predicted molar refractivity (Wildman–Crippen MR) is 84.2 cm³/mol. The molecule has 112 valence electrons. The van der Waals surface area contributed by atoms with E-state index in [0.717, 1.165) is 15.7 Å². The van der Waals surface area contributed by atoms with E-state index in [-0.39, 0.29) is 18.4 Å². The number of rotatable bonds is 4. The highest BCUT2D eigenvalue weighted by Crippen LogP contribution is 2.20. The smallest absolute Gasteiger partial charge is 0.233 e. The molecule has 0 spiro atoms. The molecule has 2 aromatic rings. The first-order valence-electron chi connectivity index (χ1n) is 6.75. The van der Waals surface area contributed by atoms with Crippen LogP contribution in [-0.2, 0) is 11.2 Å². The van der Waals surface area contributed by atoms with E-state index in [1.165, 1.54) is 0 Å². The first kappa shape index (κ1) is 15.7. The third-order valence-electron chi connectivity index (χ3n) is 3.25. The normalized spacial score (nSPS) is 11.0. The molecule has 0 saturated carbocycles. The Labute approximate surface area is 132 Å². The Bertz CT molecular complexity index is 615. The summed E-state index contributed by atoms with van der Waals surface area (Å²) in [4.78, 5) is 18.7.